The number of anilines is 4. The van der Waals surface area contributed by atoms with Crippen LogP contribution in [0.15, 0.2) is 36.4 Å². The van der Waals surface area contributed by atoms with Gasteiger partial charge in [-0.25, -0.2) is 27.5 Å². The number of alkyl halides is 4. The van der Waals surface area contributed by atoms with Crippen LogP contribution in [0.5, 0.6) is 0 Å². The van der Waals surface area contributed by atoms with E-state index in [0.29, 0.717) is 46.1 Å². The van der Waals surface area contributed by atoms with E-state index in [2.05, 4.69) is 47.9 Å². The quantitative estimate of drug-likeness (QED) is 0.161. The number of halogens is 4. The third-order valence-electron chi connectivity index (χ3n) is 7.96. The Morgan fingerprint density at radius 2 is 1.24 bits per heavy atom. The molecule has 1 atom stereocenters. The SMILES string of the molecule is CCCC(CCc1nnc(NC(=O)Cc2cccc(N3CC(F)(F)C3)n2)s1)Cc1nnc(NC(=O)Cc2cccc(N3CC(F)(F)C3)n2)s1. The van der Waals surface area contributed by atoms with Crippen LogP contribution in [-0.2, 0) is 35.3 Å². The predicted molar refractivity (Wildman–Crippen MR) is 178 cm³/mol. The molecule has 4 aromatic rings. The highest BCUT2D eigenvalue weighted by Crippen LogP contribution is 2.32. The van der Waals surface area contributed by atoms with Crippen LogP contribution >= 0.6 is 22.7 Å². The van der Waals surface area contributed by atoms with Gasteiger partial charge in [0.2, 0.25) is 22.1 Å². The topological polar surface area (TPSA) is 142 Å². The van der Waals surface area contributed by atoms with Gasteiger partial charge >= 0.3 is 0 Å². The molecule has 0 radical (unpaired) electrons. The largest absolute Gasteiger partial charge is 0.344 e. The van der Waals surface area contributed by atoms with E-state index in [9.17, 15) is 27.2 Å². The summed E-state index contributed by atoms with van der Waals surface area (Å²) in [6.45, 7) is 0.580. The molecule has 0 aromatic carbocycles. The van der Waals surface area contributed by atoms with Crippen LogP contribution in [-0.4, -0.2) is 80.2 Å². The second kappa shape index (κ2) is 14.7. The summed E-state index contributed by atoms with van der Waals surface area (Å²) < 4.78 is 52.9. The first-order valence-electron chi connectivity index (χ1n) is 15.8. The minimum atomic E-state index is -2.71. The van der Waals surface area contributed by atoms with Crippen LogP contribution in [0.25, 0.3) is 0 Å². The summed E-state index contributed by atoms with van der Waals surface area (Å²) in [7, 11) is 0. The number of nitrogens with one attached hydrogen (secondary N) is 2. The van der Waals surface area contributed by atoms with Gasteiger partial charge in [-0.15, -0.1) is 20.4 Å². The van der Waals surface area contributed by atoms with Crippen molar-refractivity contribution in [3.05, 3.63) is 57.8 Å². The molecule has 18 heteroatoms. The van der Waals surface area contributed by atoms with E-state index in [1.54, 1.807) is 36.4 Å². The fourth-order valence-electron chi connectivity index (χ4n) is 5.61. The Labute approximate surface area is 287 Å². The fourth-order valence-corrected chi connectivity index (χ4v) is 7.25. The number of pyridine rings is 2. The number of nitrogens with zero attached hydrogens (tertiary/aromatic N) is 8. The summed E-state index contributed by atoms with van der Waals surface area (Å²) in [5.41, 5.74) is 0.941. The Kier molecular flexibility index (Phi) is 10.3. The van der Waals surface area contributed by atoms with Gasteiger partial charge in [-0.2, -0.15) is 0 Å². The predicted octanol–water partition coefficient (Wildman–Crippen LogP) is 5.04. The Hall–Kier alpha value is -4.32. The van der Waals surface area contributed by atoms with Crippen molar-refractivity contribution in [2.75, 3.05) is 46.6 Å². The van der Waals surface area contributed by atoms with Crippen molar-refractivity contribution in [2.45, 2.75) is 63.7 Å². The first-order valence-corrected chi connectivity index (χ1v) is 17.5. The van der Waals surface area contributed by atoms with E-state index >= 15 is 0 Å². The molecule has 2 N–H and O–H groups in total. The minimum Gasteiger partial charge on any atom is -0.344 e. The standard InChI is InChI=1S/C31H34F4N10O2S2/c1-2-5-19(12-27-41-43-29(49-27)39-25(47)14-21-7-4-9-23(37-21)45-17-31(34,35)18-45)10-11-26-40-42-28(48-26)38-24(46)13-20-6-3-8-22(36-20)44-15-30(32,33)16-44/h3-4,6-9,19H,2,5,10-18H2,1H3,(H,38,42,46)(H,39,43,47). The number of hydrogen-bond donors (Lipinski definition) is 2. The lowest BCUT2D eigenvalue weighted by Gasteiger charge is -2.39. The summed E-state index contributed by atoms with van der Waals surface area (Å²) in [6.07, 6.45) is 4.03. The lowest BCUT2D eigenvalue weighted by atomic mass is 9.95. The molecule has 260 valence electrons. The van der Waals surface area contributed by atoms with Crippen molar-refractivity contribution in [3.63, 3.8) is 0 Å². The maximum atomic E-state index is 13.2. The van der Waals surface area contributed by atoms with Crippen molar-refractivity contribution in [3.8, 4) is 0 Å². The van der Waals surface area contributed by atoms with E-state index in [1.807, 2.05) is 0 Å². The van der Waals surface area contributed by atoms with E-state index < -0.39 is 11.8 Å². The molecule has 6 heterocycles. The van der Waals surface area contributed by atoms with Crippen molar-refractivity contribution in [1.82, 2.24) is 30.4 Å². The van der Waals surface area contributed by atoms with E-state index in [4.69, 9.17) is 0 Å². The third-order valence-corrected chi connectivity index (χ3v) is 9.72. The summed E-state index contributed by atoms with van der Waals surface area (Å²) in [6, 6.07) is 10.0. The number of aryl methyl sites for hydroxylation is 1. The Balaban J connectivity index is 0.947. The number of carbonyl (C=O) groups excluding carboxylic acids is 2. The number of amides is 2. The van der Waals surface area contributed by atoms with Gasteiger partial charge in [0, 0.05) is 12.8 Å². The van der Waals surface area contributed by atoms with Crippen molar-refractivity contribution in [1.29, 1.82) is 0 Å². The Morgan fingerprint density at radius 3 is 1.73 bits per heavy atom. The van der Waals surface area contributed by atoms with Crippen LogP contribution < -0.4 is 20.4 Å². The highest BCUT2D eigenvalue weighted by atomic mass is 32.1. The van der Waals surface area contributed by atoms with Crippen LogP contribution in [0.3, 0.4) is 0 Å². The van der Waals surface area contributed by atoms with Gasteiger partial charge in [0.1, 0.15) is 21.7 Å². The van der Waals surface area contributed by atoms with Crippen LogP contribution in [0.4, 0.5) is 39.5 Å². The molecule has 1 unspecified atom stereocenters. The molecule has 12 nitrogen and oxygen atoms in total. The van der Waals surface area contributed by atoms with Gasteiger partial charge in [-0.1, -0.05) is 54.6 Å². The van der Waals surface area contributed by atoms with E-state index in [1.165, 1.54) is 32.5 Å². The lowest BCUT2D eigenvalue weighted by Crippen LogP contribution is -2.56. The summed E-state index contributed by atoms with van der Waals surface area (Å²) in [5.74, 6) is -4.94. The molecule has 49 heavy (non-hydrogen) atoms. The van der Waals surface area contributed by atoms with Gasteiger partial charge in [0.15, 0.2) is 0 Å². The van der Waals surface area contributed by atoms with Gasteiger partial charge in [-0.3, -0.25) is 9.59 Å². The highest BCUT2D eigenvalue weighted by molar-refractivity contribution is 7.15. The Bertz CT molecular complexity index is 1770. The van der Waals surface area contributed by atoms with Crippen LogP contribution in [0, 0.1) is 5.92 Å². The molecule has 2 fully saturated rings. The van der Waals surface area contributed by atoms with Gasteiger partial charge in [0.05, 0.1) is 50.4 Å². The molecule has 2 saturated heterocycles. The molecule has 6 rings (SSSR count). The average molecular weight is 719 g/mol. The van der Waals surface area contributed by atoms with Crippen LogP contribution in [0.2, 0.25) is 0 Å². The molecule has 0 saturated carbocycles. The third kappa shape index (κ3) is 9.44. The number of aromatic nitrogens is 6. The van der Waals surface area contributed by atoms with Crippen molar-refractivity contribution < 1.29 is 27.2 Å². The zero-order chi connectivity index (χ0) is 34.6. The van der Waals surface area contributed by atoms with Gasteiger partial charge in [0.25, 0.3) is 11.8 Å². The average Bonchev–Trinajstić information content (AvgIpc) is 3.66. The van der Waals surface area contributed by atoms with Gasteiger partial charge in [-0.05, 0) is 36.6 Å². The normalized spacial score (nSPS) is 16.8. The number of hydrogen-bond acceptors (Lipinski definition) is 12. The molecule has 0 spiro atoms. The second-order valence-corrected chi connectivity index (χ2v) is 14.4. The maximum absolute atomic E-state index is 13.2. The maximum Gasteiger partial charge on any atom is 0.282 e. The summed E-state index contributed by atoms with van der Waals surface area (Å²) in [4.78, 5) is 36.9. The fraction of sp³-hybridized carbons (Fsp3) is 0.484. The molecule has 0 aliphatic carbocycles. The van der Waals surface area contributed by atoms with E-state index in [0.717, 1.165) is 29.3 Å². The molecule has 2 aliphatic rings. The van der Waals surface area contributed by atoms with Gasteiger partial charge < -0.3 is 20.4 Å². The first kappa shape index (κ1) is 34.5. The molecule has 2 aliphatic heterocycles. The number of rotatable bonds is 15. The zero-order valence-electron chi connectivity index (χ0n) is 26.5. The lowest BCUT2D eigenvalue weighted by molar-refractivity contribution is -0.116. The smallest absolute Gasteiger partial charge is 0.282 e. The van der Waals surface area contributed by atoms with Crippen molar-refractivity contribution in [2.24, 2.45) is 5.92 Å². The zero-order valence-corrected chi connectivity index (χ0v) is 28.2. The monoisotopic (exact) mass is 718 g/mol. The molecule has 4 aromatic heterocycles. The molecule has 2 amide bonds. The van der Waals surface area contributed by atoms with Crippen molar-refractivity contribution >= 4 is 56.4 Å². The molecular weight excluding hydrogens is 685 g/mol. The summed E-state index contributed by atoms with van der Waals surface area (Å²) >= 11 is 2.60. The first-order chi connectivity index (χ1) is 23.4. The molecular formula is C31H34F4N10O2S2. The Morgan fingerprint density at radius 1 is 0.755 bits per heavy atom. The second-order valence-electron chi connectivity index (χ2n) is 12.2. The highest BCUT2D eigenvalue weighted by Gasteiger charge is 2.45. The van der Waals surface area contributed by atoms with E-state index in [-0.39, 0.29) is 56.8 Å². The molecule has 0 bridgehead atoms. The van der Waals surface area contributed by atoms with Crippen LogP contribution in [0.1, 0.15) is 47.6 Å². The summed E-state index contributed by atoms with van der Waals surface area (Å²) in [5, 5.41) is 24.6. The minimum absolute atomic E-state index is 0.0254. The number of carbonyl (C=O) groups is 2.